The van der Waals surface area contributed by atoms with Gasteiger partial charge in [-0.1, -0.05) is 0 Å². The number of rotatable bonds is 8. The highest BCUT2D eigenvalue weighted by Crippen LogP contribution is 1.80. The number of hydrogen-bond acceptors (Lipinski definition) is 6. The van der Waals surface area contributed by atoms with Crippen LogP contribution in [0.2, 0.25) is 0 Å². The van der Waals surface area contributed by atoms with E-state index < -0.39 is 6.23 Å². The molecule has 0 heterocycles. The number of hydrazine groups is 1. The third kappa shape index (κ3) is 7.86. The third-order valence-electron chi connectivity index (χ3n) is 1.08. The van der Waals surface area contributed by atoms with E-state index >= 15 is 0 Å². The number of aliphatic hydroxyl groups excluding tert-OH is 2. The van der Waals surface area contributed by atoms with Crippen molar-refractivity contribution in [3.8, 4) is 0 Å². The number of nitrogens with two attached hydrogens (primary N) is 1. The molecular weight excluding hydrogens is 164 g/mol. The van der Waals surface area contributed by atoms with Crippen molar-refractivity contribution in [1.82, 2.24) is 5.43 Å². The molecule has 0 saturated carbocycles. The van der Waals surface area contributed by atoms with Crippen molar-refractivity contribution < 1.29 is 19.7 Å². The van der Waals surface area contributed by atoms with Crippen LogP contribution in [0.1, 0.15) is 0 Å². The first-order valence-corrected chi connectivity index (χ1v) is 3.71. The molecule has 5 N–H and O–H groups in total. The first-order valence-electron chi connectivity index (χ1n) is 3.71. The van der Waals surface area contributed by atoms with Gasteiger partial charge in [0.1, 0.15) is 6.23 Å². The van der Waals surface area contributed by atoms with Crippen LogP contribution in [0.4, 0.5) is 0 Å². The molecule has 0 rings (SSSR count). The lowest BCUT2D eigenvalue weighted by Gasteiger charge is -2.09. The van der Waals surface area contributed by atoms with E-state index in [-0.39, 0.29) is 13.2 Å². The van der Waals surface area contributed by atoms with Crippen LogP contribution >= 0.6 is 0 Å². The predicted octanol–water partition coefficient (Wildman–Crippen LogP) is -2.21. The molecule has 0 aliphatic carbocycles. The van der Waals surface area contributed by atoms with Gasteiger partial charge in [-0.05, 0) is 0 Å². The lowest BCUT2D eigenvalue weighted by atomic mass is 10.6. The van der Waals surface area contributed by atoms with E-state index in [0.717, 1.165) is 0 Å². The van der Waals surface area contributed by atoms with Crippen molar-refractivity contribution in [1.29, 1.82) is 0 Å². The molecule has 0 amide bonds. The number of nitrogens with one attached hydrogen (secondary N) is 1. The highest BCUT2D eigenvalue weighted by molar-refractivity contribution is 4.42. The zero-order valence-corrected chi connectivity index (χ0v) is 6.90. The summed E-state index contributed by atoms with van der Waals surface area (Å²) in [7, 11) is 0. The van der Waals surface area contributed by atoms with Gasteiger partial charge in [-0.3, -0.25) is 5.84 Å². The van der Waals surface area contributed by atoms with Gasteiger partial charge in [0.25, 0.3) is 0 Å². The van der Waals surface area contributed by atoms with Crippen molar-refractivity contribution in [2.75, 3.05) is 33.0 Å². The molecule has 0 fully saturated rings. The predicted molar refractivity (Wildman–Crippen MR) is 42.1 cm³/mol. The fraction of sp³-hybridized carbons (Fsp3) is 1.00. The minimum Gasteiger partial charge on any atom is -0.394 e. The third-order valence-corrected chi connectivity index (χ3v) is 1.08. The van der Waals surface area contributed by atoms with E-state index in [0.29, 0.717) is 19.8 Å². The minimum absolute atomic E-state index is 0.00693. The Morgan fingerprint density at radius 2 is 1.92 bits per heavy atom. The summed E-state index contributed by atoms with van der Waals surface area (Å²) in [6, 6.07) is 0. The summed E-state index contributed by atoms with van der Waals surface area (Å²) in [5.41, 5.74) is 2.12. The summed E-state index contributed by atoms with van der Waals surface area (Å²) in [6.45, 7) is 1.21. The molecule has 0 spiro atoms. The van der Waals surface area contributed by atoms with E-state index in [1.165, 1.54) is 0 Å². The fourth-order valence-corrected chi connectivity index (χ4v) is 0.528. The summed E-state index contributed by atoms with van der Waals surface area (Å²) in [6.07, 6.45) is -0.845. The molecule has 0 aromatic carbocycles. The Bertz CT molecular complexity index is 93.6. The monoisotopic (exact) mass is 180 g/mol. The van der Waals surface area contributed by atoms with E-state index in [1.54, 1.807) is 0 Å². The van der Waals surface area contributed by atoms with Crippen molar-refractivity contribution in [2.24, 2.45) is 5.84 Å². The Hall–Kier alpha value is -0.240. The Kier molecular flexibility index (Phi) is 8.68. The zero-order valence-electron chi connectivity index (χ0n) is 6.90. The minimum atomic E-state index is -0.845. The molecule has 1 atom stereocenters. The van der Waals surface area contributed by atoms with Gasteiger partial charge in [-0.2, -0.15) is 0 Å². The number of aliphatic hydroxyl groups is 2. The molecule has 0 bridgehead atoms. The largest absolute Gasteiger partial charge is 0.394 e. The zero-order chi connectivity index (χ0) is 9.23. The normalized spacial score (nSPS) is 13.2. The number of hydrogen-bond donors (Lipinski definition) is 4. The van der Waals surface area contributed by atoms with Crippen molar-refractivity contribution in [3.63, 3.8) is 0 Å². The van der Waals surface area contributed by atoms with Crippen molar-refractivity contribution >= 4 is 0 Å². The highest BCUT2D eigenvalue weighted by Gasteiger charge is 1.98. The van der Waals surface area contributed by atoms with E-state index in [9.17, 15) is 0 Å². The lowest BCUT2D eigenvalue weighted by Crippen LogP contribution is -2.38. The first kappa shape index (κ1) is 11.8. The molecular formula is C6H16N2O4. The standard InChI is InChI=1S/C6H16N2O4/c7-8-6(10)5-12-4-3-11-2-1-9/h6,8-10H,1-5,7H2. The maximum Gasteiger partial charge on any atom is 0.140 e. The summed E-state index contributed by atoms with van der Waals surface area (Å²) < 4.78 is 9.82. The van der Waals surface area contributed by atoms with Crippen LogP contribution in [-0.2, 0) is 9.47 Å². The average molecular weight is 180 g/mol. The second-order valence-electron chi connectivity index (χ2n) is 2.09. The molecule has 0 aromatic rings. The van der Waals surface area contributed by atoms with Crippen molar-refractivity contribution in [2.45, 2.75) is 6.23 Å². The molecule has 1 unspecified atom stereocenters. The fourth-order valence-electron chi connectivity index (χ4n) is 0.528. The Morgan fingerprint density at radius 3 is 2.50 bits per heavy atom. The quantitative estimate of drug-likeness (QED) is 0.146. The van der Waals surface area contributed by atoms with Gasteiger partial charge in [0.15, 0.2) is 0 Å². The van der Waals surface area contributed by atoms with Gasteiger partial charge in [-0.15, -0.1) is 0 Å². The molecule has 0 saturated heterocycles. The number of ether oxygens (including phenoxy) is 2. The lowest BCUT2D eigenvalue weighted by molar-refractivity contribution is -0.0118. The topological polar surface area (TPSA) is 97.0 Å². The first-order chi connectivity index (χ1) is 5.81. The average Bonchev–Trinajstić information content (AvgIpc) is 2.10. The summed E-state index contributed by atoms with van der Waals surface area (Å²) in [5, 5.41) is 17.1. The second-order valence-corrected chi connectivity index (χ2v) is 2.09. The van der Waals surface area contributed by atoms with Crippen molar-refractivity contribution in [3.05, 3.63) is 0 Å². The molecule has 0 radical (unpaired) electrons. The van der Waals surface area contributed by atoms with Crippen LogP contribution in [-0.4, -0.2) is 49.5 Å². The summed E-state index contributed by atoms with van der Waals surface area (Å²) in [4.78, 5) is 0. The van der Waals surface area contributed by atoms with Gasteiger partial charge in [0.05, 0.1) is 33.0 Å². The van der Waals surface area contributed by atoms with Crippen LogP contribution in [0.25, 0.3) is 0 Å². The molecule has 74 valence electrons. The molecule has 6 nitrogen and oxygen atoms in total. The Morgan fingerprint density at radius 1 is 1.25 bits per heavy atom. The highest BCUT2D eigenvalue weighted by atomic mass is 16.5. The van der Waals surface area contributed by atoms with E-state index in [2.05, 4.69) is 5.43 Å². The summed E-state index contributed by atoms with van der Waals surface area (Å²) >= 11 is 0. The van der Waals surface area contributed by atoms with Crippen LogP contribution in [0.5, 0.6) is 0 Å². The SMILES string of the molecule is NNC(O)COCCOCCO. The van der Waals surface area contributed by atoms with Gasteiger partial charge in [0, 0.05) is 0 Å². The van der Waals surface area contributed by atoms with E-state index in [1.807, 2.05) is 0 Å². The van der Waals surface area contributed by atoms with Crippen LogP contribution in [0, 0.1) is 0 Å². The maximum atomic E-state index is 8.82. The molecule has 0 aromatic heterocycles. The Labute approximate surface area is 71.2 Å². The second kappa shape index (κ2) is 8.85. The van der Waals surface area contributed by atoms with E-state index in [4.69, 9.17) is 25.5 Å². The van der Waals surface area contributed by atoms with Crippen LogP contribution < -0.4 is 11.3 Å². The van der Waals surface area contributed by atoms with Gasteiger partial charge >= 0.3 is 0 Å². The molecule has 0 aliphatic heterocycles. The molecule has 0 aliphatic rings. The van der Waals surface area contributed by atoms with Crippen LogP contribution in [0.3, 0.4) is 0 Å². The molecule has 12 heavy (non-hydrogen) atoms. The van der Waals surface area contributed by atoms with Gasteiger partial charge in [-0.25, -0.2) is 5.43 Å². The van der Waals surface area contributed by atoms with Gasteiger partial charge < -0.3 is 19.7 Å². The summed E-state index contributed by atoms with van der Waals surface area (Å²) in [5.74, 6) is 4.89. The Balaban J connectivity index is 2.90. The smallest absolute Gasteiger partial charge is 0.140 e. The molecule has 6 heteroatoms. The van der Waals surface area contributed by atoms with Crippen LogP contribution in [0.15, 0.2) is 0 Å². The maximum absolute atomic E-state index is 8.82. The van der Waals surface area contributed by atoms with Gasteiger partial charge in [0.2, 0.25) is 0 Å².